The minimum absolute atomic E-state index is 0.100. The second-order valence-electron chi connectivity index (χ2n) is 5.62. The molecule has 0 heterocycles. The molecule has 1 unspecified atom stereocenters. The summed E-state index contributed by atoms with van der Waals surface area (Å²) in [5, 5.41) is 9.00. The third-order valence-electron chi connectivity index (χ3n) is 3.42. The highest BCUT2D eigenvalue weighted by Gasteiger charge is 2.35. The van der Waals surface area contributed by atoms with Crippen LogP contribution in [0.15, 0.2) is 18.2 Å². The number of carbonyl (C=O) groups is 1. The monoisotopic (exact) mass is 303 g/mol. The van der Waals surface area contributed by atoms with Gasteiger partial charge in [-0.1, -0.05) is 13.8 Å². The molecule has 0 saturated carbocycles. The summed E-state index contributed by atoms with van der Waals surface area (Å²) < 4.78 is 38.4. The van der Waals surface area contributed by atoms with E-state index in [0.29, 0.717) is 11.6 Å². The van der Waals surface area contributed by atoms with Crippen molar-refractivity contribution < 1.29 is 23.1 Å². The molecule has 21 heavy (non-hydrogen) atoms. The molecule has 6 heteroatoms. The Morgan fingerprint density at radius 3 is 2.29 bits per heavy atom. The first-order chi connectivity index (χ1) is 9.54. The first kappa shape index (κ1) is 17.3. The van der Waals surface area contributed by atoms with Crippen LogP contribution < -0.4 is 4.90 Å². The zero-order valence-corrected chi connectivity index (χ0v) is 12.5. The van der Waals surface area contributed by atoms with Crippen LogP contribution in [0.5, 0.6) is 0 Å². The van der Waals surface area contributed by atoms with Crippen LogP contribution in [0.25, 0.3) is 0 Å². The van der Waals surface area contributed by atoms with Crippen molar-refractivity contribution in [2.45, 2.75) is 39.4 Å². The van der Waals surface area contributed by atoms with Gasteiger partial charge in [-0.05, 0) is 37.5 Å². The van der Waals surface area contributed by atoms with Gasteiger partial charge < -0.3 is 10.0 Å². The molecule has 118 valence electrons. The molecule has 1 aromatic carbocycles. The predicted molar refractivity (Wildman–Crippen MR) is 75.7 cm³/mol. The molecule has 0 saturated heterocycles. The SMILES string of the molecule is CC(C)CC(C)N(C)c1ccc(C(F)(F)F)c(C(=O)O)c1. The highest BCUT2D eigenvalue weighted by atomic mass is 19.4. The molecule has 0 aromatic heterocycles. The van der Waals surface area contributed by atoms with Crippen molar-refractivity contribution in [2.75, 3.05) is 11.9 Å². The maximum Gasteiger partial charge on any atom is 0.417 e. The van der Waals surface area contributed by atoms with Gasteiger partial charge in [0.1, 0.15) is 0 Å². The van der Waals surface area contributed by atoms with E-state index in [4.69, 9.17) is 5.11 Å². The van der Waals surface area contributed by atoms with E-state index >= 15 is 0 Å². The lowest BCUT2D eigenvalue weighted by Crippen LogP contribution is -2.30. The normalized spacial score (nSPS) is 13.3. The minimum atomic E-state index is -4.67. The van der Waals surface area contributed by atoms with Crippen molar-refractivity contribution in [3.63, 3.8) is 0 Å². The molecule has 0 aliphatic carbocycles. The molecule has 0 radical (unpaired) electrons. The number of hydrogen-bond acceptors (Lipinski definition) is 2. The van der Waals surface area contributed by atoms with Gasteiger partial charge in [-0.3, -0.25) is 0 Å². The molecule has 3 nitrogen and oxygen atoms in total. The number of anilines is 1. The second kappa shape index (κ2) is 6.37. The average molecular weight is 303 g/mol. The van der Waals surface area contributed by atoms with E-state index in [1.54, 1.807) is 11.9 Å². The maximum atomic E-state index is 12.8. The Hall–Kier alpha value is -1.72. The minimum Gasteiger partial charge on any atom is -0.478 e. The topological polar surface area (TPSA) is 40.5 Å². The Labute approximate surface area is 122 Å². The standard InChI is InChI=1S/C15H20F3NO2/c1-9(2)7-10(3)19(4)11-5-6-13(15(16,17)18)12(8-11)14(20)21/h5-6,8-10H,7H2,1-4H3,(H,20,21). The third kappa shape index (κ3) is 4.37. The quantitative estimate of drug-likeness (QED) is 0.883. The van der Waals surface area contributed by atoms with E-state index in [9.17, 15) is 18.0 Å². The van der Waals surface area contributed by atoms with Gasteiger partial charge in [-0.2, -0.15) is 13.2 Å². The van der Waals surface area contributed by atoms with Crippen molar-refractivity contribution in [3.8, 4) is 0 Å². The molecule has 1 aromatic rings. The van der Waals surface area contributed by atoms with Crippen LogP contribution in [-0.4, -0.2) is 24.2 Å². The number of halogens is 3. The molecule has 0 spiro atoms. The van der Waals surface area contributed by atoms with Crippen LogP contribution >= 0.6 is 0 Å². The summed E-state index contributed by atoms with van der Waals surface area (Å²) >= 11 is 0. The Kier molecular flexibility index (Phi) is 5.25. The van der Waals surface area contributed by atoms with E-state index in [0.717, 1.165) is 18.6 Å². The van der Waals surface area contributed by atoms with E-state index in [2.05, 4.69) is 13.8 Å². The van der Waals surface area contributed by atoms with Crippen molar-refractivity contribution in [1.29, 1.82) is 0 Å². The molecular weight excluding hydrogens is 283 g/mol. The van der Waals surface area contributed by atoms with E-state index < -0.39 is 23.3 Å². The summed E-state index contributed by atoms with van der Waals surface area (Å²) in [6.45, 7) is 6.07. The lowest BCUT2D eigenvalue weighted by Gasteiger charge is -2.29. The number of hydrogen-bond donors (Lipinski definition) is 1. The molecule has 0 bridgehead atoms. The Morgan fingerprint density at radius 2 is 1.86 bits per heavy atom. The van der Waals surface area contributed by atoms with Gasteiger partial charge in [0, 0.05) is 18.8 Å². The fraction of sp³-hybridized carbons (Fsp3) is 0.533. The van der Waals surface area contributed by atoms with E-state index in [1.807, 2.05) is 6.92 Å². The third-order valence-corrected chi connectivity index (χ3v) is 3.42. The fourth-order valence-electron chi connectivity index (χ4n) is 2.27. The summed E-state index contributed by atoms with van der Waals surface area (Å²) in [6, 6.07) is 3.33. The number of carboxylic acid groups (broad SMARTS) is 1. The molecule has 1 N–H and O–H groups in total. The van der Waals surface area contributed by atoms with Gasteiger partial charge in [0.25, 0.3) is 0 Å². The molecule has 1 rings (SSSR count). The van der Waals surface area contributed by atoms with Crippen molar-refractivity contribution in [2.24, 2.45) is 5.92 Å². The highest BCUT2D eigenvalue weighted by molar-refractivity contribution is 5.91. The number of rotatable bonds is 5. The number of carboxylic acids is 1. The summed E-state index contributed by atoms with van der Waals surface area (Å²) in [6.07, 6.45) is -3.81. The Bertz CT molecular complexity index is 512. The summed E-state index contributed by atoms with van der Waals surface area (Å²) in [4.78, 5) is 12.9. The van der Waals surface area contributed by atoms with Crippen molar-refractivity contribution in [3.05, 3.63) is 29.3 Å². The van der Waals surface area contributed by atoms with Crippen molar-refractivity contribution >= 4 is 11.7 Å². The number of alkyl halides is 3. The molecule has 0 amide bonds. The molecule has 0 aliphatic heterocycles. The summed E-state index contributed by atoms with van der Waals surface area (Å²) in [5.74, 6) is -1.13. The van der Waals surface area contributed by atoms with Gasteiger partial charge in [-0.15, -0.1) is 0 Å². The van der Waals surface area contributed by atoms with E-state index in [-0.39, 0.29) is 6.04 Å². The van der Waals surface area contributed by atoms with Gasteiger partial charge in [0.2, 0.25) is 0 Å². The predicted octanol–water partition coefficient (Wildman–Crippen LogP) is 4.27. The van der Waals surface area contributed by atoms with Crippen LogP contribution in [0.2, 0.25) is 0 Å². The van der Waals surface area contributed by atoms with Crippen molar-refractivity contribution in [1.82, 2.24) is 0 Å². The maximum absolute atomic E-state index is 12.8. The Balaban J connectivity index is 3.17. The lowest BCUT2D eigenvalue weighted by atomic mass is 10.0. The smallest absolute Gasteiger partial charge is 0.417 e. The van der Waals surface area contributed by atoms with Crippen LogP contribution in [0.4, 0.5) is 18.9 Å². The van der Waals surface area contributed by atoms with Crippen LogP contribution in [0, 0.1) is 5.92 Å². The molecule has 0 aliphatic rings. The van der Waals surface area contributed by atoms with Crippen LogP contribution in [-0.2, 0) is 6.18 Å². The fourth-order valence-corrected chi connectivity index (χ4v) is 2.27. The van der Waals surface area contributed by atoms with Gasteiger partial charge >= 0.3 is 12.1 Å². The average Bonchev–Trinajstić information content (AvgIpc) is 2.35. The highest BCUT2D eigenvalue weighted by Crippen LogP contribution is 2.34. The van der Waals surface area contributed by atoms with Gasteiger partial charge in [-0.25, -0.2) is 4.79 Å². The molecular formula is C15H20F3NO2. The number of nitrogens with zero attached hydrogens (tertiary/aromatic N) is 1. The van der Waals surface area contributed by atoms with Gasteiger partial charge in [0.15, 0.2) is 0 Å². The zero-order chi connectivity index (χ0) is 16.4. The largest absolute Gasteiger partial charge is 0.478 e. The first-order valence-electron chi connectivity index (χ1n) is 6.71. The van der Waals surface area contributed by atoms with E-state index in [1.165, 1.54) is 6.07 Å². The van der Waals surface area contributed by atoms with Gasteiger partial charge in [0.05, 0.1) is 11.1 Å². The number of aromatic carboxylic acids is 1. The first-order valence-corrected chi connectivity index (χ1v) is 6.71. The van der Waals surface area contributed by atoms with Crippen LogP contribution in [0.3, 0.4) is 0 Å². The summed E-state index contributed by atoms with van der Waals surface area (Å²) in [5.41, 5.74) is -1.37. The summed E-state index contributed by atoms with van der Waals surface area (Å²) in [7, 11) is 1.75. The zero-order valence-electron chi connectivity index (χ0n) is 12.5. The molecule has 1 atom stereocenters. The Morgan fingerprint density at radius 1 is 1.29 bits per heavy atom. The lowest BCUT2D eigenvalue weighted by molar-refractivity contribution is -0.138. The second-order valence-corrected chi connectivity index (χ2v) is 5.62. The van der Waals surface area contributed by atoms with Crippen LogP contribution in [0.1, 0.15) is 43.1 Å². The number of benzene rings is 1. The molecule has 0 fully saturated rings.